The van der Waals surface area contributed by atoms with E-state index in [0.717, 1.165) is 44.8 Å². The molecule has 1 N–H and O–H groups in total. The van der Waals surface area contributed by atoms with Gasteiger partial charge in [-0.1, -0.05) is 6.07 Å². The molecule has 3 fully saturated rings. The monoisotopic (exact) mass is 329 g/mol. The highest BCUT2D eigenvalue weighted by atomic mass is 16.2. The maximum Gasteiger partial charge on any atom is 0.326 e. The molecular formula is C17H23N5O2. The molecule has 1 aliphatic carbocycles. The van der Waals surface area contributed by atoms with Crippen LogP contribution in [0.4, 0.5) is 10.6 Å². The zero-order valence-electron chi connectivity index (χ0n) is 13.9. The van der Waals surface area contributed by atoms with Crippen LogP contribution in [0.5, 0.6) is 0 Å². The molecule has 1 atom stereocenters. The lowest BCUT2D eigenvalue weighted by Gasteiger charge is -2.36. The van der Waals surface area contributed by atoms with Crippen LogP contribution in [0.25, 0.3) is 0 Å². The van der Waals surface area contributed by atoms with Crippen LogP contribution in [0.15, 0.2) is 24.4 Å². The number of hydrogen-bond acceptors (Lipinski definition) is 5. The van der Waals surface area contributed by atoms with Crippen LogP contribution in [0.3, 0.4) is 0 Å². The zero-order chi connectivity index (χ0) is 16.7. The predicted molar refractivity (Wildman–Crippen MR) is 89.4 cm³/mol. The first-order valence-electron chi connectivity index (χ1n) is 8.60. The third kappa shape index (κ3) is 2.62. The molecule has 0 unspecified atom stereocenters. The van der Waals surface area contributed by atoms with E-state index in [1.54, 1.807) is 6.20 Å². The normalized spacial score (nSPS) is 28.4. The Labute approximate surface area is 141 Å². The number of piperazine rings is 1. The molecule has 2 saturated heterocycles. The fourth-order valence-electron chi connectivity index (χ4n) is 3.64. The van der Waals surface area contributed by atoms with E-state index in [4.69, 9.17) is 0 Å². The number of nitrogens with one attached hydrogen (secondary N) is 1. The number of pyridine rings is 1. The molecule has 0 spiro atoms. The topological polar surface area (TPSA) is 68.8 Å². The molecule has 3 heterocycles. The first-order valence-corrected chi connectivity index (χ1v) is 8.60. The molecule has 0 bridgehead atoms. The van der Waals surface area contributed by atoms with Crippen molar-refractivity contribution in [3.8, 4) is 0 Å². The van der Waals surface area contributed by atoms with Crippen LogP contribution in [-0.2, 0) is 4.79 Å². The molecule has 7 nitrogen and oxygen atoms in total. The lowest BCUT2D eigenvalue weighted by atomic mass is 9.96. The van der Waals surface area contributed by atoms with Gasteiger partial charge in [-0.05, 0) is 37.8 Å². The fourth-order valence-corrected chi connectivity index (χ4v) is 3.64. The Morgan fingerprint density at radius 2 is 1.96 bits per heavy atom. The van der Waals surface area contributed by atoms with E-state index >= 15 is 0 Å². The number of carbonyl (C=O) groups is 2. The van der Waals surface area contributed by atoms with E-state index in [2.05, 4.69) is 20.1 Å². The molecule has 2 aliphatic heterocycles. The quantitative estimate of drug-likeness (QED) is 0.831. The number of anilines is 1. The van der Waals surface area contributed by atoms with Gasteiger partial charge in [-0.2, -0.15) is 0 Å². The Bertz CT molecular complexity index is 640. The van der Waals surface area contributed by atoms with E-state index in [9.17, 15) is 9.59 Å². The molecule has 128 valence electrons. The Hall–Kier alpha value is -2.15. The third-order valence-electron chi connectivity index (χ3n) is 5.38. The van der Waals surface area contributed by atoms with Gasteiger partial charge in [0.25, 0.3) is 5.91 Å². The molecule has 0 aromatic carbocycles. The number of hydrogen-bond donors (Lipinski definition) is 1. The number of nitrogens with zero attached hydrogens (tertiary/aromatic N) is 4. The molecule has 24 heavy (non-hydrogen) atoms. The van der Waals surface area contributed by atoms with Crippen molar-refractivity contribution in [1.82, 2.24) is 20.1 Å². The molecule has 1 saturated carbocycles. The Kier molecular flexibility index (Phi) is 3.68. The second-order valence-corrected chi connectivity index (χ2v) is 7.07. The van der Waals surface area contributed by atoms with Gasteiger partial charge in [-0.15, -0.1) is 0 Å². The summed E-state index contributed by atoms with van der Waals surface area (Å²) in [6, 6.07) is 5.66. The zero-order valence-corrected chi connectivity index (χ0v) is 13.9. The number of urea groups is 1. The van der Waals surface area contributed by atoms with E-state index in [1.807, 2.05) is 25.1 Å². The standard InChI is InChI=1S/C17H23N5O2/c1-17(13-5-6-13)15(23)22(16(24)19-17)12-20-8-10-21(11-9-20)14-4-2-3-7-18-14/h2-4,7,13H,5-6,8-12H2,1H3,(H,19,24)/t17-/m1/s1. The van der Waals surface area contributed by atoms with Crippen molar-refractivity contribution < 1.29 is 9.59 Å². The second kappa shape index (κ2) is 5.73. The summed E-state index contributed by atoms with van der Waals surface area (Å²) in [6.45, 7) is 5.57. The van der Waals surface area contributed by atoms with Crippen LogP contribution < -0.4 is 10.2 Å². The van der Waals surface area contributed by atoms with Gasteiger partial charge in [-0.3, -0.25) is 9.69 Å². The van der Waals surface area contributed by atoms with Gasteiger partial charge < -0.3 is 10.2 Å². The minimum Gasteiger partial charge on any atom is -0.354 e. The molecule has 4 rings (SSSR count). The van der Waals surface area contributed by atoms with Gasteiger partial charge in [-0.25, -0.2) is 14.7 Å². The molecule has 1 aromatic rings. The predicted octanol–water partition coefficient (Wildman–Crippen LogP) is 0.882. The second-order valence-electron chi connectivity index (χ2n) is 7.07. The van der Waals surface area contributed by atoms with Gasteiger partial charge in [0, 0.05) is 32.4 Å². The Balaban J connectivity index is 1.35. The SMILES string of the molecule is C[C@]1(C2CC2)NC(=O)N(CN2CCN(c3ccccn3)CC2)C1=O. The van der Waals surface area contributed by atoms with Gasteiger partial charge >= 0.3 is 6.03 Å². The van der Waals surface area contributed by atoms with E-state index in [1.165, 1.54) is 4.90 Å². The lowest BCUT2D eigenvalue weighted by Crippen LogP contribution is -2.52. The fraction of sp³-hybridized carbons (Fsp3) is 0.588. The maximum absolute atomic E-state index is 12.7. The Morgan fingerprint density at radius 1 is 1.21 bits per heavy atom. The lowest BCUT2D eigenvalue weighted by molar-refractivity contribution is -0.133. The number of imide groups is 1. The van der Waals surface area contributed by atoms with Gasteiger partial charge in [0.2, 0.25) is 0 Å². The van der Waals surface area contributed by atoms with Gasteiger partial charge in [0.05, 0.1) is 6.67 Å². The van der Waals surface area contributed by atoms with E-state index in [0.29, 0.717) is 12.6 Å². The van der Waals surface area contributed by atoms with E-state index < -0.39 is 5.54 Å². The summed E-state index contributed by atoms with van der Waals surface area (Å²) in [6.07, 6.45) is 3.85. The summed E-state index contributed by atoms with van der Waals surface area (Å²) in [5.74, 6) is 1.22. The van der Waals surface area contributed by atoms with Crippen LogP contribution in [0, 0.1) is 5.92 Å². The molecule has 0 radical (unpaired) electrons. The smallest absolute Gasteiger partial charge is 0.326 e. The van der Waals surface area contributed by atoms with Crippen LogP contribution in [0.1, 0.15) is 19.8 Å². The first-order chi connectivity index (χ1) is 11.6. The van der Waals surface area contributed by atoms with Crippen LogP contribution in [0.2, 0.25) is 0 Å². The number of rotatable bonds is 4. The van der Waals surface area contributed by atoms with Crippen molar-refractivity contribution in [2.24, 2.45) is 5.92 Å². The van der Waals surface area contributed by atoms with Crippen LogP contribution >= 0.6 is 0 Å². The highest BCUT2D eigenvalue weighted by Crippen LogP contribution is 2.42. The van der Waals surface area contributed by atoms with Crippen LogP contribution in [-0.4, -0.2) is 65.1 Å². The molecule has 3 amide bonds. The van der Waals surface area contributed by atoms with E-state index in [-0.39, 0.29) is 11.9 Å². The summed E-state index contributed by atoms with van der Waals surface area (Å²) >= 11 is 0. The molecule has 7 heteroatoms. The summed E-state index contributed by atoms with van der Waals surface area (Å²) in [4.78, 5) is 35.1. The summed E-state index contributed by atoms with van der Waals surface area (Å²) < 4.78 is 0. The van der Waals surface area contributed by atoms with Crippen molar-refractivity contribution in [1.29, 1.82) is 0 Å². The molecule has 1 aromatic heterocycles. The third-order valence-corrected chi connectivity index (χ3v) is 5.38. The summed E-state index contributed by atoms with van der Waals surface area (Å²) in [7, 11) is 0. The maximum atomic E-state index is 12.7. The Morgan fingerprint density at radius 3 is 2.58 bits per heavy atom. The first kappa shape index (κ1) is 15.4. The number of carbonyl (C=O) groups excluding carboxylic acids is 2. The molecular weight excluding hydrogens is 306 g/mol. The van der Waals surface area contributed by atoms with Gasteiger partial charge in [0.15, 0.2) is 0 Å². The van der Waals surface area contributed by atoms with Gasteiger partial charge in [0.1, 0.15) is 11.4 Å². The summed E-state index contributed by atoms with van der Waals surface area (Å²) in [5, 5.41) is 2.91. The average molecular weight is 329 g/mol. The largest absolute Gasteiger partial charge is 0.354 e. The summed E-state index contributed by atoms with van der Waals surface area (Å²) in [5.41, 5.74) is -0.688. The highest BCUT2D eigenvalue weighted by Gasteiger charge is 2.56. The van der Waals surface area contributed by atoms with Crippen molar-refractivity contribution in [3.63, 3.8) is 0 Å². The minimum atomic E-state index is -0.688. The molecule has 3 aliphatic rings. The average Bonchev–Trinajstić information content (AvgIpc) is 3.43. The number of aromatic nitrogens is 1. The van der Waals surface area contributed by atoms with Crippen molar-refractivity contribution in [3.05, 3.63) is 24.4 Å². The highest BCUT2D eigenvalue weighted by molar-refractivity contribution is 6.07. The van der Waals surface area contributed by atoms with Crippen molar-refractivity contribution in [2.75, 3.05) is 37.7 Å². The van der Waals surface area contributed by atoms with Crippen molar-refractivity contribution >= 4 is 17.8 Å². The minimum absolute atomic E-state index is 0.0674. The van der Waals surface area contributed by atoms with Crippen molar-refractivity contribution in [2.45, 2.75) is 25.3 Å². The number of amides is 3.